The van der Waals surface area contributed by atoms with Crippen molar-refractivity contribution in [2.75, 3.05) is 30.5 Å². The molecule has 142 valence electrons. The number of nitrogens with one attached hydrogen (secondary N) is 1. The Bertz CT molecular complexity index is 845. The van der Waals surface area contributed by atoms with Gasteiger partial charge in [0.2, 0.25) is 5.91 Å². The van der Waals surface area contributed by atoms with Gasteiger partial charge in [0.05, 0.1) is 13.0 Å². The Kier molecular flexibility index (Phi) is 5.39. The monoisotopic (exact) mass is 373 g/mol. The molecule has 0 unspecified atom stereocenters. The van der Waals surface area contributed by atoms with Gasteiger partial charge in [-0.2, -0.15) is 0 Å². The van der Waals surface area contributed by atoms with Gasteiger partial charge in [0.15, 0.2) is 12.4 Å². The Hall–Kier alpha value is -3.36. The third-order valence-corrected chi connectivity index (χ3v) is 4.08. The maximum absolute atomic E-state index is 12.2. The van der Waals surface area contributed by atoms with Crippen molar-refractivity contribution in [1.29, 1.82) is 0 Å². The summed E-state index contributed by atoms with van der Waals surface area (Å²) in [5, 5.41) is 6.07. The van der Waals surface area contributed by atoms with Gasteiger partial charge in [-0.1, -0.05) is 5.16 Å². The molecular weight excluding hydrogens is 354 g/mol. The van der Waals surface area contributed by atoms with Gasteiger partial charge in [0.25, 0.3) is 5.91 Å². The Morgan fingerprint density at radius 1 is 1.33 bits per heavy atom. The van der Waals surface area contributed by atoms with Crippen LogP contribution in [0.3, 0.4) is 0 Å². The van der Waals surface area contributed by atoms with Gasteiger partial charge in [-0.15, -0.1) is 0 Å². The second kappa shape index (κ2) is 7.90. The van der Waals surface area contributed by atoms with Crippen LogP contribution in [0, 0.1) is 12.8 Å². The molecule has 0 saturated carbocycles. The topological polar surface area (TPSA) is 111 Å². The summed E-state index contributed by atoms with van der Waals surface area (Å²) in [6.45, 7) is 1.43. The summed E-state index contributed by atoms with van der Waals surface area (Å²) in [6, 6.07) is 8.52. The highest BCUT2D eigenvalue weighted by atomic mass is 16.5. The van der Waals surface area contributed by atoms with Crippen LogP contribution in [0.4, 0.5) is 11.5 Å². The number of aromatic nitrogens is 1. The molecule has 0 radical (unpaired) electrons. The number of amides is 2. The quantitative estimate of drug-likeness (QED) is 0.764. The number of rotatable bonds is 6. The zero-order chi connectivity index (χ0) is 19.4. The van der Waals surface area contributed by atoms with E-state index in [0.717, 1.165) is 0 Å². The lowest BCUT2D eigenvalue weighted by atomic mass is 10.1. The molecule has 1 N–H and O–H groups in total. The number of aryl methyl sites for hydroxylation is 1. The average Bonchev–Trinajstić information content (AvgIpc) is 3.25. The van der Waals surface area contributed by atoms with Crippen LogP contribution in [0.5, 0.6) is 5.75 Å². The fraction of sp³-hybridized carbons (Fsp3) is 0.333. The molecule has 0 aliphatic carbocycles. The number of hydrogen-bond acceptors (Lipinski definition) is 7. The van der Waals surface area contributed by atoms with Crippen LogP contribution < -0.4 is 15.0 Å². The molecule has 2 amide bonds. The van der Waals surface area contributed by atoms with E-state index in [9.17, 15) is 14.4 Å². The first-order valence-electron chi connectivity index (χ1n) is 8.30. The summed E-state index contributed by atoms with van der Waals surface area (Å²) >= 11 is 0. The van der Waals surface area contributed by atoms with E-state index in [2.05, 4.69) is 10.5 Å². The summed E-state index contributed by atoms with van der Waals surface area (Å²) in [4.78, 5) is 37.7. The molecule has 1 aliphatic rings. The second-order valence-corrected chi connectivity index (χ2v) is 6.08. The highest BCUT2D eigenvalue weighted by Gasteiger charge is 2.36. The molecule has 1 aromatic heterocycles. The lowest BCUT2D eigenvalue weighted by Gasteiger charge is -2.16. The molecule has 1 atom stereocenters. The van der Waals surface area contributed by atoms with Crippen molar-refractivity contribution in [2.45, 2.75) is 13.3 Å². The van der Waals surface area contributed by atoms with Gasteiger partial charge >= 0.3 is 5.97 Å². The SMILES string of the molecule is COc1ccc(N2C[C@@H](C(=O)OCC(=O)Nc3cc(C)on3)CC2=O)cc1. The number of methoxy groups -OCH3 is 1. The summed E-state index contributed by atoms with van der Waals surface area (Å²) in [5.41, 5.74) is 0.676. The van der Waals surface area contributed by atoms with E-state index < -0.39 is 24.4 Å². The fourth-order valence-electron chi connectivity index (χ4n) is 2.74. The number of carbonyl (C=O) groups excluding carboxylic acids is 3. The van der Waals surface area contributed by atoms with E-state index >= 15 is 0 Å². The standard InChI is InChI=1S/C18H19N3O6/c1-11-7-15(20-27-11)19-16(22)10-26-18(24)12-8-17(23)21(9-12)13-3-5-14(25-2)6-4-13/h3-7,12H,8-10H2,1-2H3,(H,19,20,22)/t12-/m0/s1. The highest BCUT2D eigenvalue weighted by Crippen LogP contribution is 2.27. The molecule has 1 fully saturated rings. The maximum atomic E-state index is 12.2. The summed E-state index contributed by atoms with van der Waals surface area (Å²) in [7, 11) is 1.56. The first kappa shape index (κ1) is 18.4. The van der Waals surface area contributed by atoms with Crippen molar-refractivity contribution in [3.8, 4) is 5.75 Å². The minimum absolute atomic E-state index is 0.0367. The highest BCUT2D eigenvalue weighted by molar-refractivity contribution is 6.00. The van der Waals surface area contributed by atoms with Crippen LogP contribution in [0.2, 0.25) is 0 Å². The molecule has 1 aromatic carbocycles. The van der Waals surface area contributed by atoms with Crippen molar-refractivity contribution in [3.05, 3.63) is 36.1 Å². The normalized spacial score (nSPS) is 16.3. The van der Waals surface area contributed by atoms with Crippen LogP contribution in [0.15, 0.2) is 34.9 Å². The van der Waals surface area contributed by atoms with Crippen LogP contribution in [0.1, 0.15) is 12.2 Å². The lowest BCUT2D eigenvalue weighted by molar-refractivity contribution is -0.151. The average molecular weight is 373 g/mol. The van der Waals surface area contributed by atoms with E-state index in [1.165, 1.54) is 4.90 Å². The molecule has 2 aromatic rings. The molecule has 27 heavy (non-hydrogen) atoms. The third kappa shape index (κ3) is 4.43. The zero-order valence-electron chi connectivity index (χ0n) is 14.9. The lowest BCUT2D eigenvalue weighted by Crippen LogP contribution is -2.28. The van der Waals surface area contributed by atoms with E-state index in [0.29, 0.717) is 17.2 Å². The molecule has 3 rings (SSSR count). The fourth-order valence-corrected chi connectivity index (χ4v) is 2.74. The van der Waals surface area contributed by atoms with Gasteiger partial charge < -0.3 is 24.2 Å². The molecule has 1 aliphatic heterocycles. The Labute approximate surface area is 155 Å². The zero-order valence-corrected chi connectivity index (χ0v) is 14.9. The number of benzene rings is 1. The smallest absolute Gasteiger partial charge is 0.311 e. The molecule has 9 nitrogen and oxygen atoms in total. The summed E-state index contributed by atoms with van der Waals surface area (Å²) < 4.78 is 14.9. The van der Waals surface area contributed by atoms with Gasteiger partial charge in [0, 0.05) is 24.7 Å². The Morgan fingerprint density at radius 3 is 2.70 bits per heavy atom. The minimum Gasteiger partial charge on any atom is -0.497 e. The van der Waals surface area contributed by atoms with Crippen molar-refractivity contribution >= 4 is 29.3 Å². The van der Waals surface area contributed by atoms with Crippen LogP contribution in [-0.2, 0) is 19.1 Å². The summed E-state index contributed by atoms with van der Waals surface area (Å²) in [5.74, 6) is -0.458. The molecule has 1 saturated heterocycles. The number of esters is 1. The van der Waals surface area contributed by atoms with Gasteiger partial charge in [-0.3, -0.25) is 14.4 Å². The third-order valence-electron chi connectivity index (χ3n) is 4.08. The summed E-state index contributed by atoms with van der Waals surface area (Å²) in [6.07, 6.45) is 0.0367. The van der Waals surface area contributed by atoms with Crippen LogP contribution >= 0.6 is 0 Å². The molecule has 9 heteroatoms. The van der Waals surface area contributed by atoms with Crippen LogP contribution in [0.25, 0.3) is 0 Å². The van der Waals surface area contributed by atoms with Crippen molar-refractivity contribution in [2.24, 2.45) is 5.92 Å². The first-order valence-corrected chi connectivity index (χ1v) is 8.30. The largest absolute Gasteiger partial charge is 0.497 e. The number of anilines is 2. The maximum Gasteiger partial charge on any atom is 0.311 e. The van der Waals surface area contributed by atoms with Crippen molar-refractivity contribution in [3.63, 3.8) is 0 Å². The predicted octanol–water partition coefficient (Wildman–Crippen LogP) is 1.53. The van der Waals surface area contributed by atoms with Gasteiger partial charge in [0.1, 0.15) is 11.5 Å². The Balaban J connectivity index is 1.51. The van der Waals surface area contributed by atoms with Gasteiger partial charge in [-0.05, 0) is 31.2 Å². The minimum atomic E-state index is -0.623. The Morgan fingerprint density at radius 2 is 2.07 bits per heavy atom. The van der Waals surface area contributed by atoms with E-state index in [1.54, 1.807) is 44.4 Å². The van der Waals surface area contributed by atoms with E-state index in [4.69, 9.17) is 14.0 Å². The van der Waals surface area contributed by atoms with E-state index in [1.807, 2.05) is 0 Å². The first-order chi connectivity index (χ1) is 13.0. The second-order valence-electron chi connectivity index (χ2n) is 6.08. The predicted molar refractivity (Wildman–Crippen MR) is 94.3 cm³/mol. The van der Waals surface area contributed by atoms with E-state index in [-0.39, 0.29) is 24.7 Å². The van der Waals surface area contributed by atoms with Crippen molar-refractivity contribution < 1.29 is 28.4 Å². The number of nitrogens with zero attached hydrogens (tertiary/aromatic N) is 2. The molecular formula is C18H19N3O6. The number of ether oxygens (including phenoxy) is 2. The van der Waals surface area contributed by atoms with Crippen molar-refractivity contribution in [1.82, 2.24) is 5.16 Å². The van der Waals surface area contributed by atoms with Crippen LogP contribution in [-0.4, -0.2) is 43.2 Å². The molecule has 2 heterocycles. The number of hydrogen-bond donors (Lipinski definition) is 1. The van der Waals surface area contributed by atoms with Gasteiger partial charge in [-0.25, -0.2) is 0 Å². The number of carbonyl (C=O) groups is 3. The molecule has 0 bridgehead atoms. The molecule has 0 spiro atoms.